The number of amides is 1. The van der Waals surface area contributed by atoms with E-state index >= 15 is 0 Å². The van der Waals surface area contributed by atoms with Gasteiger partial charge in [0.15, 0.2) is 11.5 Å². The molecule has 20 heavy (non-hydrogen) atoms. The number of nitrogens with two attached hydrogens (primary N) is 1. The van der Waals surface area contributed by atoms with E-state index in [0.717, 1.165) is 5.56 Å². The van der Waals surface area contributed by atoms with Gasteiger partial charge in [-0.1, -0.05) is 6.07 Å². The van der Waals surface area contributed by atoms with Gasteiger partial charge in [0.2, 0.25) is 5.91 Å². The molecule has 5 heteroatoms. The van der Waals surface area contributed by atoms with Gasteiger partial charge in [0.1, 0.15) is 0 Å². The number of ether oxygens (including phenoxy) is 2. The Morgan fingerprint density at radius 3 is 2.35 bits per heavy atom. The molecule has 1 rings (SSSR count). The van der Waals surface area contributed by atoms with Crippen molar-refractivity contribution in [3.05, 3.63) is 23.8 Å². The van der Waals surface area contributed by atoms with Gasteiger partial charge in [-0.25, -0.2) is 0 Å². The van der Waals surface area contributed by atoms with E-state index < -0.39 is 0 Å². The van der Waals surface area contributed by atoms with E-state index in [1.807, 2.05) is 26.0 Å². The predicted molar refractivity (Wildman–Crippen MR) is 79.2 cm³/mol. The van der Waals surface area contributed by atoms with Crippen LogP contribution in [0.3, 0.4) is 0 Å². The molecule has 0 unspecified atom stereocenters. The van der Waals surface area contributed by atoms with E-state index in [1.165, 1.54) is 0 Å². The first kappa shape index (κ1) is 16.3. The average Bonchev–Trinajstić information content (AvgIpc) is 2.46. The Balaban J connectivity index is 2.86. The number of hydrogen-bond acceptors (Lipinski definition) is 4. The Morgan fingerprint density at radius 2 is 1.85 bits per heavy atom. The number of carbonyl (C=O) groups excluding carboxylic acids is 1. The smallest absolute Gasteiger partial charge is 0.227 e. The highest BCUT2D eigenvalue weighted by molar-refractivity contribution is 5.79. The van der Waals surface area contributed by atoms with Crippen LogP contribution in [0.5, 0.6) is 11.5 Å². The molecule has 0 saturated heterocycles. The largest absolute Gasteiger partial charge is 0.493 e. The molecule has 1 amide bonds. The van der Waals surface area contributed by atoms with Crippen LogP contribution in [0, 0.1) is 0 Å². The molecule has 0 fully saturated rings. The highest BCUT2D eigenvalue weighted by atomic mass is 16.5. The van der Waals surface area contributed by atoms with E-state index in [4.69, 9.17) is 15.2 Å². The van der Waals surface area contributed by atoms with Crippen LogP contribution in [0.1, 0.15) is 19.4 Å². The summed E-state index contributed by atoms with van der Waals surface area (Å²) in [4.78, 5) is 14.0. The van der Waals surface area contributed by atoms with Crippen LogP contribution in [0.25, 0.3) is 0 Å². The van der Waals surface area contributed by atoms with Crippen molar-refractivity contribution >= 4 is 5.91 Å². The molecule has 0 aliphatic heterocycles. The van der Waals surface area contributed by atoms with Crippen molar-refractivity contribution in [1.29, 1.82) is 0 Å². The summed E-state index contributed by atoms with van der Waals surface area (Å²) in [7, 11) is 4.93. The summed E-state index contributed by atoms with van der Waals surface area (Å²) in [6.07, 6.45) is 0.306. The standard InChI is InChI=1S/C15H24N2O3/c1-15(2,10-16)17(3)14(18)9-11-6-7-12(19-4)13(8-11)20-5/h6-8H,9-10,16H2,1-5H3. The number of methoxy groups -OCH3 is 2. The fourth-order valence-corrected chi connectivity index (χ4v) is 1.76. The van der Waals surface area contributed by atoms with Crippen LogP contribution in [0.15, 0.2) is 18.2 Å². The molecule has 2 N–H and O–H groups in total. The highest BCUT2D eigenvalue weighted by Crippen LogP contribution is 2.28. The SMILES string of the molecule is COc1ccc(CC(=O)N(C)C(C)(C)CN)cc1OC. The van der Waals surface area contributed by atoms with Crippen LogP contribution in [0.2, 0.25) is 0 Å². The number of carbonyl (C=O) groups is 1. The summed E-state index contributed by atoms with van der Waals surface area (Å²) >= 11 is 0. The molecule has 0 atom stereocenters. The zero-order valence-corrected chi connectivity index (χ0v) is 12.9. The second-order valence-electron chi connectivity index (χ2n) is 5.34. The third-order valence-electron chi connectivity index (χ3n) is 3.58. The van der Waals surface area contributed by atoms with Gasteiger partial charge in [-0.15, -0.1) is 0 Å². The van der Waals surface area contributed by atoms with Crippen LogP contribution >= 0.6 is 0 Å². The number of hydrogen-bond donors (Lipinski definition) is 1. The summed E-state index contributed by atoms with van der Waals surface area (Å²) in [5, 5.41) is 0. The van der Waals surface area contributed by atoms with Gasteiger partial charge >= 0.3 is 0 Å². The van der Waals surface area contributed by atoms with Gasteiger partial charge in [0.05, 0.1) is 20.6 Å². The lowest BCUT2D eigenvalue weighted by Gasteiger charge is -2.34. The van der Waals surface area contributed by atoms with E-state index in [2.05, 4.69) is 0 Å². The normalized spacial score (nSPS) is 11.1. The molecule has 0 aromatic heterocycles. The van der Waals surface area contributed by atoms with Gasteiger partial charge in [0, 0.05) is 19.1 Å². The zero-order chi connectivity index (χ0) is 15.3. The van der Waals surface area contributed by atoms with Crippen molar-refractivity contribution in [2.75, 3.05) is 27.8 Å². The van der Waals surface area contributed by atoms with Crippen molar-refractivity contribution < 1.29 is 14.3 Å². The van der Waals surface area contributed by atoms with E-state index in [1.54, 1.807) is 32.2 Å². The molecule has 112 valence electrons. The second kappa shape index (κ2) is 6.61. The monoisotopic (exact) mass is 280 g/mol. The van der Waals surface area contributed by atoms with Crippen LogP contribution in [-0.4, -0.2) is 44.2 Å². The highest BCUT2D eigenvalue weighted by Gasteiger charge is 2.26. The fraction of sp³-hybridized carbons (Fsp3) is 0.533. The topological polar surface area (TPSA) is 64.8 Å². The Hall–Kier alpha value is -1.75. The van der Waals surface area contributed by atoms with Crippen molar-refractivity contribution in [3.8, 4) is 11.5 Å². The summed E-state index contributed by atoms with van der Waals surface area (Å²) in [5.41, 5.74) is 6.22. The maximum atomic E-state index is 12.3. The Kier molecular flexibility index (Phi) is 5.39. The maximum absolute atomic E-state index is 12.3. The zero-order valence-electron chi connectivity index (χ0n) is 12.9. The van der Waals surface area contributed by atoms with Crippen molar-refractivity contribution in [2.24, 2.45) is 5.73 Å². The molecule has 0 aliphatic rings. The first-order valence-corrected chi connectivity index (χ1v) is 6.53. The van der Waals surface area contributed by atoms with Crippen molar-refractivity contribution in [2.45, 2.75) is 25.8 Å². The Morgan fingerprint density at radius 1 is 1.25 bits per heavy atom. The third-order valence-corrected chi connectivity index (χ3v) is 3.58. The number of rotatable bonds is 6. The van der Waals surface area contributed by atoms with E-state index in [9.17, 15) is 4.79 Å². The quantitative estimate of drug-likeness (QED) is 0.856. The summed E-state index contributed by atoms with van der Waals surface area (Å²) in [5.74, 6) is 1.30. The van der Waals surface area contributed by atoms with Crippen molar-refractivity contribution in [3.63, 3.8) is 0 Å². The van der Waals surface area contributed by atoms with Gasteiger partial charge < -0.3 is 20.1 Å². The molecular formula is C15H24N2O3. The molecule has 0 spiro atoms. The molecular weight excluding hydrogens is 256 g/mol. The van der Waals surface area contributed by atoms with Crippen LogP contribution < -0.4 is 15.2 Å². The maximum Gasteiger partial charge on any atom is 0.227 e. The van der Waals surface area contributed by atoms with Gasteiger partial charge in [-0.3, -0.25) is 4.79 Å². The summed E-state index contributed by atoms with van der Waals surface area (Å²) in [6, 6.07) is 5.48. The van der Waals surface area contributed by atoms with Gasteiger partial charge in [-0.05, 0) is 31.5 Å². The first-order valence-electron chi connectivity index (χ1n) is 6.53. The summed E-state index contributed by atoms with van der Waals surface area (Å²) in [6.45, 7) is 4.31. The molecule has 1 aromatic rings. The minimum absolute atomic E-state index is 0.0210. The molecule has 0 aliphatic carbocycles. The van der Waals surface area contributed by atoms with Crippen molar-refractivity contribution in [1.82, 2.24) is 4.90 Å². The third kappa shape index (κ3) is 3.63. The fourth-order valence-electron chi connectivity index (χ4n) is 1.76. The average molecular weight is 280 g/mol. The van der Waals surface area contributed by atoms with Gasteiger partial charge in [0.25, 0.3) is 0 Å². The van der Waals surface area contributed by atoms with Gasteiger partial charge in [-0.2, -0.15) is 0 Å². The first-order chi connectivity index (χ1) is 9.35. The number of benzene rings is 1. The number of nitrogens with zero attached hydrogens (tertiary/aromatic N) is 1. The predicted octanol–water partition coefficient (Wildman–Crippen LogP) is 1.44. The molecule has 0 heterocycles. The minimum Gasteiger partial charge on any atom is -0.493 e. The van der Waals surface area contributed by atoms with E-state index in [-0.39, 0.29) is 11.4 Å². The lowest BCUT2D eigenvalue weighted by atomic mass is 10.0. The molecule has 0 saturated carbocycles. The lowest BCUT2D eigenvalue weighted by molar-refractivity contribution is -0.133. The van der Waals surface area contributed by atoms with E-state index in [0.29, 0.717) is 24.5 Å². The molecule has 1 aromatic carbocycles. The molecule has 5 nitrogen and oxygen atoms in total. The minimum atomic E-state index is -0.354. The Bertz CT molecular complexity index is 472. The van der Waals surface area contributed by atoms with Crippen LogP contribution in [-0.2, 0) is 11.2 Å². The second-order valence-corrected chi connectivity index (χ2v) is 5.34. The lowest BCUT2D eigenvalue weighted by Crippen LogP contribution is -2.50. The Labute approximate surface area is 120 Å². The summed E-state index contributed by atoms with van der Waals surface area (Å²) < 4.78 is 10.4. The van der Waals surface area contributed by atoms with Crippen LogP contribution in [0.4, 0.5) is 0 Å². The molecule has 0 bridgehead atoms. The number of likely N-dealkylation sites (N-methyl/N-ethyl adjacent to an activating group) is 1. The molecule has 0 radical (unpaired) electrons.